The third-order valence-electron chi connectivity index (χ3n) is 12.2. The largest absolute Gasteiger partial charge is 0.308 e. The average molecular weight is 758 g/mol. The van der Waals surface area contributed by atoms with Crippen molar-refractivity contribution in [1.82, 2.24) is 4.57 Å². The van der Waals surface area contributed by atoms with E-state index in [-0.39, 0.29) is 0 Å². The predicted molar refractivity (Wildman–Crippen MR) is 250 cm³/mol. The van der Waals surface area contributed by atoms with E-state index in [0.717, 1.165) is 0 Å². The minimum atomic E-state index is 1.22. The van der Waals surface area contributed by atoms with Crippen LogP contribution in [0, 0.1) is 0 Å². The summed E-state index contributed by atoms with van der Waals surface area (Å²) in [5, 5.41) is 15.6. The Morgan fingerprint density at radius 3 is 1.53 bits per heavy atom. The smallest absolute Gasteiger partial charge is 0.0640 e. The van der Waals surface area contributed by atoms with Crippen molar-refractivity contribution in [3.63, 3.8) is 0 Å². The van der Waals surface area contributed by atoms with Crippen LogP contribution < -0.4 is 0 Å². The summed E-state index contributed by atoms with van der Waals surface area (Å²) < 4.78 is 7.79. The number of benzene rings is 10. The second-order valence-electron chi connectivity index (χ2n) is 15.2. The summed E-state index contributed by atoms with van der Waals surface area (Å²) in [5.74, 6) is 0. The summed E-state index contributed by atoms with van der Waals surface area (Å²) in [6.45, 7) is 0. The molecule has 0 fully saturated rings. The molecule has 0 N–H and O–H groups in total. The van der Waals surface area contributed by atoms with Crippen LogP contribution in [0.5, 0.6) is 0 Å². The minimum absolute atomic E-state index is 1.22. The molecule has 57 heavy (non-hydrogen) atoms. The Hall–Kier alpha value is -6.78. The first-order chi connectivity index (χ1) is 28.2. The maximum absolute atomic E-state index is 2.49. The summed E-state index contributed by atoms with van der Waals surface area (Å²) in [5.41, 5.74) is 8.65. The highest BCUT2D eigenvalue weighted by Crippen LogP contribution is 2.44. The normalized spacial score (nSPS) is 12.2. The van der Waals surface area contributed by atoms with Crippen LogP contribution in [0.15, 0.2) is 188 Å². The molecule has 3 heteroatoms. The van der Waals surface area contributed by atoms with Crippen molar-refractivity contribution in [2.45, 2.75) is 0 Å². The van der Waals surface area contributed by atoms with Gasteiger partial charge in [0.25, 0.3) is 0 Å². The summed E-state index contributed by atoms with van der Waals surface area (Å²) >= 11 is 3.78. The van der Waals surface area contributed by atoms with Crippen LogP contribution >= 0.6 is 22.7 Å². The zero-order valence-corrected chi connectivity index (χ0v) is 32.3. The molecule has 13 aromatic rings. The standard InChI is InChI=1S/C54H31NS2/c1-2-12-38-36(10-1)37-11-3-4-13-39(37)45-28-32(20-24-40(38)45)33-22-26-49-46(29-33)41-14-5-7-17-48(41)55(49)50-18-9-16-44-47-30-34(23-27-52(47)57-54(44)50)35-21-25-43-42-15-6-8-19-51(42)56-53(43)31-35/h1-31H. The first kappa shape index (κ1) is 31.4. The SMILES string of the molecule is c1ccc2c(c1)sc1cc(-c3ccc4sc5c(-n6c7ccccc7c7cc(-c8ccc9c%10ccccc%10c%10ccccc%10c9c8)ccc76)cccc5c4c3)ccc12. The van der Waals surface area contributed by atoms with E-state index in [4.69, 9.17) is 0 Å². The molecule has 0 spiro atoms. The van der Waals surface area contributed by atoms with Crippen LogP contribution in [-0.4, -0.2) is 4.57 Å². The molecule has 13 rings (SSSR count). The minimum Gasteiger partial charge on any atom is -0.308 e. The fraction of sp³-hybridized carbons (Fsp3) is 0. The number of thiophene rings is 2. The highest BCUT2D eigenvalue weighted by Gasteiger charge is 2.18. The van der Waals surface area contributed by atoms with Gasteiger partial charge < -0.3 is 4.57 Å². The molecular weight excluding hydrogens is 727 g/mol. The van der Waals surface area contributed by atoms with Crippen LogP contribution in [0.2, 0.25) is 0 Å². The maximum Gasteiger partial charge on any atom is 0.0640 e. The van der Waals surface area contributed by atoms with E-state index in [9.17, 15) is 0 Å². The fourth-order valence-corrected chi connectivity index (χ4v) is 11.9. The fourth-order valence-electron chi connectivity index (χ4n) is 9.54. The first-order valence-electron chi connectivity index (χ1n) is 19.5. The summed E-state index contributed by atoms with van der Waals surface area (Å²) in [4.78, 5) is 0. The number of fused-ring (bicyclic) bond motifs is 15. The Labute approximate surface area is 335 Å². The quantitative estimate of drug-likeness (QED) is 0.158. The van der Waals surface area contributed by atoms with E-state index < -0.39 is 0 Å². The van der Waals surface area contributed by atoms with E-state index in [1.54, 1.807) is 0 Å². The van der Waals surface area contributed by atoms with E-state index in [0.29, 0.717) is 0 Å². The Morgan fingerprint density at radius 2 is 0.754 bits per heavy atom. The summed E-state index contributed by atoms with van der Waals surface area (Å²) in [7, 11) is 0. The predicted octanol–water partition coefficient (Wildman–Crippen LogP) is 16.3. The Morgan fingerprint density at radius 1 is 0.263 bits per heavy atom. The van der Waals surface area contributed by atoms with Gasteiger partial charge in [0.2, 0.25) is 0 Å². The number of para-hydroxylation sites is 1. The number of aromatic nitrogens is 1. The summed E-state index contributed by atoms with van der Waals surface area (Å²) in [6.07, 6.45) is 0. The lowest BCUT2D eigenvalue weighted by molar-refractivity contribution is 1.20. The molecule has 0 unspecified atom stereocenters. The molecule has 3 heterocycles. The number of nitrogens with zero attached hydrogens (tertiary/aromatic N) is 1. The van der Waals surface area contributed by atoms with Crippen LogP contribution in [-0.2, 0) is 0 Å². The van der Waals surface area contributed by atoms with Crippen molar-refractivity contribution in [3.8, 4) is 27.9 Å². The monoisotopic (exact) mass is 757 g/mol. The van der Waals surface area contributed by atoms with Gasteiger partial charge in [-0.05, 0) is 109 Å². The highest BCUT2D eigenvalue weighted by molar-refractivity contribution is 7.26. The van der Waals surface area contributed by atoms with Gasteiger partial charge in [-0.25, -0.2) is 0 Å². The van der Waals surface area contributed by atoms with Gasteiger partial charge in [0, 0.05) is 46.4 Å². The first-order valence-corrected chi connectivity index (χ1v) is 21.1. The third-order valence-corrected chi connectivity index (χ3v) is 14.5. The van der Waals surface area contributed by atoms with Crippen molar-refractivity contribution in [3.05, 3.63) is 188 Å². The molecule has 1 nitrogen and oxygen atoms in total. The molecule has 10 aromatic carbocycles. The molecule has 0 aliphatic carbocycles. The number of hydrogen-bond donors (Lipinski definition) is 0. The Balaban J connectivity index is 0.969. The van der Waals surface area contributed by atoms with E-state index in [1.807, 2.05) is 22.7 Å². The molecule has 0 saturated carbocycles. The maximum atomic E-state index is 2.49. The van der Waals surface area contributed by atoms with Gasteiger partial charge in [-0.15, -0.1) is 22.7 Å². The molecule has 0 atom stereocenters. The van der Waals surface area contributed by atoms with Gasteiger partial charge in [-0.2, -0.15) is 0 Å². The molecule has 3 aromatic heterocycles. The van der Waals surface area contributed by atoms with Crippen LogP contribution in [0.4, 0.5) is 0 Å². The number of rotatable bonds is 3. The van der Waals surface area contributed by atoms with Crippen molar-refractivity contribution < 1.29 is 0 Å². The molecule has 0 amide bonds. The van der Waals surface area contributed by atoms with Gasteiger partial charge >= 0.3 is 0 Å². The van der Waals surface area contributed by atoms with Crippen molar-refractivity contribution in [2.75, 3.05) is 0 Å². The zero-order chi connectivity index (χ0) is 37.2. The molecule has 0 bridgehead atoms. The van der Waals surface area contributed by atoms with E-state index in [1.165, 1.54) is 122 Å². The third kappa shape index (κ3) is 4.56. The molecular formula is C54H31NS2. The second-order valence-corrected chi connectivity index (χ2v) is 17.3. The summed E-state index contributed by atoms with van der Waals surface area (Å²) in [6, 6.07) is 70.2. The lowest BCUT2D eigenvalue weighted by Gasteiger charge is -2.12. The van der Waals surface area contributed by atoms with Crippen LogP contribution in [0.25, 0.3) is 122 Å². The van der Waals surface area contributed by atoms with Crippen LogP contribution in [0.1, 0.15) is 0 Å². The Kier molecular flexibility index (Phi) is 6.54. The topological polar surface area (TPSA) is 4.93 Å². The van der Waals surface area contributed by atoms with Gasteiger partial charge in [0.1, 0.15) is 0 Å². The van der Waals surface area contributed by atoms with Gasteiger partial charge in [0.15, 0.2) is 0 Å². The molecule has 264 valence electrons. The second kappa shape index (κ2) is 11.9. The van der Waals surface area contributed by atoms with Crippen molar-refractivity contribution >= 4 is 117 Å². The van der Waals surface area contributed by atoms with Crippen molar-refractivity contribution in [1.29, 1.82) is 0 Å². The van der Waals surface area contributed by atoms with Crippen molar-refractivity contribution in [2.24, 2.45) is 0 Å². The highest BCUT2D eigenvalue weighted by atomic mass is 32.1. The lowest BCUT2D eigenvalue weighted by atomic mass is 9.92. The lowest BCUT2D eigenvalue weighted by Crippen LogP contribution is -1.93. The Bertz CT molecular complexity index is 3780. The average Bonchev–Trinajstić information content (AvgIpc) is 3.95. The van der Waals surface area contributed by atoms with E-state index in [2.05, 4.69) is 193 Å². The molecule has 0 radical (unpaired) electrons. The van der Waals surface area contributed by atoms with E-state index >= 15 is 0 Å². The number of hydrogen-bond acceptors (Lipinski definition) is 2. The zero-order valence-electron chi connectivity index (χ0n) is 30.7. The van der Waals surface area contributed by atoms with Gasteiger partial charge in [0.05, 0.1) is 21.4 Å². The molecule has 0 saturated heterocycles. The van der Waals surface area contributed by atoms with Gasteiger partial charge in [-0.3, -0.25) is 0 Å². The van der Waals surface area contributed by atoms with Crippen LogP contribution in [0.3, 0.4) is 0 Å². The molecule has 0 aliphatic heterocycles. The van der Waals surface area contributed by atoms with Gasteiger partial charge in [-0.1, -0.05) is 133 Å². The molecule has 0 aliphatic rings.